The zero-order chi connectivity index (χ0) is 15.5. The van der Waals surface area contributed by atoms with Crippen molar-refractivity contribution in [1.82, 2.24) is 25.5 Å². The third-order valence-corrected chi connectivity index (χ3v) is 3.68. The number of nitrogens with one attached hydrogen (secondary N) is 2. The van der Waals surface area contributed by atoms with Crippen LogP contribution in [0.5, 0.6) is 0 Å². The van der Waals surface area contributed by atoms with E-state index < -0.39 is 5.82 Å². The van der Waals surface area contributed by atoms with Crippen LogP contribution in [0.4, 0.5) is 10.1 Å². The summed E-state index contributed by atoms with van der Waals surface area (Å²) in [5.41, 5.74) is 0.730. The van der Waals surface area contributed by atoms with Crippen molar-refractivity contribution < 1.29 is 9.18 Å². The highest BCUT2D eigenvalue weighted by molar-refractivity contribution is 5.91. The molecule has 0 aliphatic carbocycles. The Labute approximate surface area is 139 Å². The van der Waals surface area contributed by atoms with Crippen molar-refractivity contribution in [3.8, 4) is 5.69 Å². The highest BCUT2D eigenvalue weighted by Crippen LogP contribution is 2.19. The number of hydrogen-bond acceptors (Lipinski definition) is 5. The van der Waals surface area contributed by atoms with E-state index in [1.165, 1.54) is 22.9 Å². The number of aryl methyl sites for hydroxylation is 1. The summed E-state index contributed by atoms with van der Waals surface area (Å²) in [5.74, 6) is -0.0752. The second kappa shape index (κ2) is 7.47. The maximum Gasteiger partial charge on any atom is 0.225 e. The number of carbonyl (C=O) groups is 1. The molecule has 1 aromatic heterocycles. The summed E-state index contributed by atoms with van der Waals surface area (Å²) < 4.78 is 15.2. The van der Waals surface area contributed by atoms with E-state index in [-0.39, 0.29) is 30.0 Å². The molecule has 2 aromatic rings. The first-order chi connectivity index (χ1) is 10.6. The van der Waals surface area contributed by atoms with Gasteiger partial charge in [-0.3, -0.25) is 4.79 Å². The van der Waals surface area contributed by atoms with Gasteiger partial charge in [0.2, 0.25) is 5.91 Å². The molecule has 1 saturated heterocycles. The van der Waals surface area contributed by atoms with Crippen molar-refractivity contribution in [3.05, 3.63) is 29.8 Å². The molecular weight excluding hydrogens is 323 g/mol. The summed E-state index contributed by atoms with van der Waals surface area (Å²) in [4.78, 5) is 12.0. The van der Waals surface area contributed by atoms with Crippen molar-refractivity contribution >= 4 is 24.0 Å². The number of rotatable bonds is 4. The van der Waals surface area contributed by atoms with E-state index in [0.717, 1.165) is 19.4 Å². The largest absolute Gasteiger partial charge is 0.326 e. The fourth-order valence-corrected chi connectivity index (χ4v) is 2.57. The van der Waals surface area contributed by atoms with Crippen molar-refractivity contribution in [1.29, 1.82) is 0 Å². The molecule has 9 heteroatoms. The molecule has 1 amide bonds. The van der Waals surface area contributed by atoms with Gasteiger partial charge in [0.05, 0.1) is 0 Å². The standard InChI is InChI=1S/C14H17FN6O.ClH/c1-9-18-19-20-21(9)13-7-11(4-5-12(13)15)17-14(22)8-10-3-2-6-16-10;/h4-5,7,10,16H,2-3,6,8H2,1H3,(H,17,22);1H. The van der Waals surface area contributed by atoms with Gasteiger partial charge in [0.1, 0.15) is 11.5 Å². The number of tetrazole rings is 1. The first-order valence-electron chi connectivity index (χ1n) is 7.21. The molecule has 23 heavy (non-hydrogen) atoms. The lowest BCUT2D eigenvalue weighted by Crippen LogP contribution is -2.27. The molecular formula is C14H18ClFN6O. The Morgan fingerprint density at radius 2 is 2.35 bits per heavy atom. The van der Waals surface area contributed by atoms with Gasteiger partial charge in [-0.15, -0.1) is 17.5 Å². The van der Waals surface area contributed by atoms with E-state index in [1.54, 1.807) is 6.92 Å². The number of hydrogen-bond donors (Lipinski definition) is 2. The van der Waals surface area contributed by atoms with Crippen molar-refractivity contribution in [3.63, 3.8) is 0 Å². The maximum atomic E-state index is 13.9. The van der Waals surface area contributed by atoms with Crippen LogP contribution in [0.15, 0.2) is 18.2 Å². The summed E-state index contributed by atoms with van der Waals surface area (Å²) >= 11 is 0. The minimum absolute atomic E-state index is 0. The van der Waals surface area contributed by atoms with Crippen LogP contribution in [0.3, 0.4) is 0 Å². The topological polar surface area (TPSA) is 84.7 Å². The second-order valence-electron chi connectivity index (χ2n) is 5.35. The monoisotopic (exact) mass is 340 g/mol. The molecule has 0 bridgehead atoms. The number of amides is 1. The molecule has 1 atom stereocenters. The van der Waals surface area contributed by atoms with Gasteiger partial charge in [-0.1, -0.05) is 0 Å². The Morgan fingerprint density at radius 3 is 3.00 bits per heavy atom. The molecule has 3 rings (SSSR count). The smallest absolute Gasteiger partial charge is 0.225 e. The van der Waals surface area contributed by atoms with Crippen LogP contribution < -0.4 is 10.6 Å². The first-order valence-corrected chi connectivity index (χ1v) is 7.21. The lowest BCUT2D eigenvalue weighted by atomic mass is 10.1. The van der Waals surface area contributed by atoms with Crippen LogP contribution in [-0.4, -0.2) is 38.7 Å². The van der Waals surface area contributed by atoms with E-state index in [9.17, 15) is 9.18 Å². The van der Waals surface area contributed by atoms with Crippen LogP contribution in [-0.2, 0) is 4.79 Å². The number of halogens is 2. The summed E-state index contributed by atoms with van der Waals surface area (Å²) in [6.45, 7) is 2.63. The molecule has 1 aliphatic rings. The number of aromatic nitrogens is 4. The number of anilines is 1. The lowest BCUT2D eigenvalue weighted by molar-refractivity contribution is -0.116. The predicted molar refractivity (Wildman–Crippen MR) is 85.4 cm³/mol. The zero-order valence-electron chi connectivity index (χ0n) is 12.6. The van der Waals surface area contributed by atoms with Gasteiger partial charge in [-0.2, -0.15) is 4.68 Å². The fourth-order valence-electron chi connectivity index (χ4n) is 2.57. The Hall–Kier alpha value is -2.06. The maximum absolute atomic E-state index is 13.9. The lowest BCUT2D eigenvalue weighted by Gasteiger charge is -2.11. The molecule has 1 aliphatic heterocycles. The molecule has 2 N–H and O–H groups in total. The Balaban J connectivity index is 0.00000192. The minimum atomic E-state index is -0.453. The summed E-state index contributed by atoms with van der Waals surface area (Å²) in [7, 11) is 0. The third kappa shape index (κ3) is 4.02. The van der Waals surface area contributed by atoms with Gasteiger partial charge >= 0.3 is 0 Å². The van der Waals surface area contributed by atoms with Crippen LogP contribution in [0.2, 0.25) is 0 Å². The predicted octanol–water partition coefficient (Wildman–Crippen LogP) is 1.61. The van der Waals surface area contributed by atoms with Gasteiger partial charge in [-0.25, -0.2) is 4.39 Å². The quantitative estimate of drug-likeness (QED) is 0.883. The van der Waals surface area contributed by atoms with Gasteiger partial charge in [0, 0.05) is 18.2 Å². The average molecular weight is 341 g/mol. The molecule has 124 valence electrons. The highest BCUT2D eigenvalue weighted by atomic mass is 35.5. The van der Waals surface area contributed by atoms with Crippen LogP contribution in [0, 0.1) is 12.7 Å². The van der Waals surface area contributed by atoms with Crippen molar-refractivity contribution in [2.24, 2.45) is 0 Å². The van der Waals surface area contributed by atoms with E-state index in [1.807, 2.05) is 0 Å². The second-order valence-corrected chi connectivity index (χ2v) is 5.35. The molecule has 1 aromatic carbocycles. The van der Waals surface area contributed by atoms with Crippen LogP contribution >= 0.6 is 12.4 Å². The molecule has 0 saturated carbocycles. The fraction of sp³-hybridized carbons (Fsp3) is 0.429. The normalized spacial score (nSPS) is 16.9. The van der Waals surface area contributed by atoms with Gasteiger partial charge < -0.3 is 10.6 Å². The van der Waals surface area contributed by atoms with E-state index in [2.05, 4.69) is 26.2 Å². The van der Waals surface area contributed by atoms with Crippen molar-refractivity contribution in [2.45, 2.75) is 32.2 Å². The summed E-state index contributed by atoms with van der Waals surface area (Å²) in [6, 6.07) is 4.57. The first kappa shape index (κ1) is 17.3. The Kier molecular flexibility index (Phi) is 5.62. The summed E-state index contributed by atoms with van der Waals surface area (Å²) in [6.07, 6.45) is 2.51. The van der Waals surface area contributed by atoms with Crippen LogP contribution in [0.25, 0.3) is 5.69 Å². The number of carbonyl (C=O) groups excluding carboxylic acids is 1. The van der Waals surface area contributed by atoms with Gasteiger partial charge in [0.25, 0.3) is 0 Å². The number of benzene rings is 1. The zero-order valence-corrected chi connectivity index (χ0v) is 13.4. The molecule has 0 spiro atoms. The van der Waals surface area contributed by atoms with E-state index in [0.29, 0.717) is 17.9 Å². The van der Waals surface area contributed by atoms with Crippen LogP contribution in [0.1, 0.15) is 25.1 Å². The highest BCUT2D eigenvalue weighted by Gasteiger charge is 2.18. The summed E-state index contributed by atoms with van der Waals surface area (Å²) in [5, 5.41) is 17.0. The van der Waals surface area contributed by atoms with Gasteiger partial charge in [-0.05, 0) is 54.9 Å². The minimum Gasteiger partial charge on any atom is -0.326 e. The van der Waals surface area contributed by atoms with E-state index >= 15 is 0 Å². The Bertz CT molecular complexity index is 686. The third-order valence-electron chi connectivity index (χ3n) is 3.68. The molecule has 0 radical (unpaired) electrons. The molecule has 2 heterocycles. The van der Waals surface area contributed by atoms with Crippen molar-refractivity contribution in [2.75, 3.05) is 11.9 Å². The number of nitrogens with zero attached hydrogens (tertiary/aromatic N) is 4. The Morgan fingerprint density at radius 1 is 1.52 bits per heavy atom. The molecule has 1 unspecified atom stereocenters. The molecule has 1 fully saturated rings. The van der Waals surface area contributed by atoms with E-state index in [4.69, 9.17) is 0 Å². The molecule has 7 nitrogen and oxygen atoms in total. The van der Waals surface area contributed by atoms with Gasteiger partial charge in [0.15, 0.2) is 5.82 Å². The SMILES string of the molecule is Cc1nnnn1-c1cc(NC(=O)CC2CCCN2)ccc1F.Cl. The average Bonchev–Trinajstić information content (AvgIpc) is 3.13.